The highest BCUT2D eigenvalue weighted by Crippen LogP contribution is 2.07. The maximum Gasteiger partial charge on any atom is 0.326 e. The van der Waals surface area contributed by atoms with Crippen molar-refractivity contribution < 1.29 is 54.0 Å². The molecule has 3 amide bonds. The number of rotatable bonds is 16. The van der Waals surface area contributed by atoms with Crippen LogP contribution in [-0.4, -0.2) is 86.2 Å². The summed E-state index contributed by atoms with van der Waals surface area (Å²) < 4.78 is 0. The molecule has 0 aromatic carbocycles. The fourth-order valence-electron chi connectivity index (χ4n) is 2.62. The largest absolute Gasteiger partial charge is 0.481 e. The molecule has 0 aromatic heterocycles. The van der Waals surface area contributed by atoms with Crippen molar-refractivity contribution >= 4 is 41.6 Å². The van der Waals surface area contributed by atoms with Crippen molar-refractivity contribution in [2.45, 2.75) is 70.1 Å². The van der Waals surface area contributed by atoms with Crippen LogP contribution in [0.15, 0.2) is 0 Å². The SMILES string of the molecule is CCC(C)C(N)C(=O)NC(CC(=O)O)C(=O)NC(CC(=O)O)C(=O)NC(CCC(=O)O)C(=O)O. The second-order valence-corrected chi connectivity index (χ2v) is 7.56. The highest BCUT2D eigenvalue weighted by atomic mass is 16.4. The molecule has 0 aliphatic rings. The molecule has 0 aliphatic carbocycles. The second kappa shape index (κ2) is 14.4. The van der Waals surface area contributed by atoms with E-state index in [0.717, 1.165) is 0 Å². The smallest absolute Gasteiger partial charge is 0.326 e. The van der Waals surface area contributed by atoms with Crippen LogP contribution >= 0.6 is 0 Å². The van der Waals surface area contributed by atoms with Crippen molar-refractivity contribution in [1.82, 2.24) is 16.0 Å². The van der Waals surface area contributed by atoms with Gasteiger partial charge in [0.25, 0.3) is 0 Å². The molecule has 0 radical (unpaired) electrons. The zero-order valence-electron chi connectivity index (χ0n) is 18.6. The number of hydrogen-bond acceptors (Lipinski definition) is 8. The Labute approximate surface area is 194 Å². The summed E-state index contributed by atoms with van der Waals surface area (Å²) in [4.78, 5) is 81.6. The average Bonchev–Trinajstić information content (AvgIpc) is 2.73. The summed E-state index contributed by atoms with van der Waals surface area (Å²) >= 11 is 0. The molecule has 0 aromatic rings. The maximum atomic E-state index is 12.6. The van der Waals surface area contributed by atoms with Gasteiger partial charge in [0.15, 0.2) is 0 Å². The van der Waals surface area contributed by atoms with Crippen LogP contribution in [0, 0.1) is 5.92 Å². The van der Waals surface area contributed by atoms with Crippen LogP contribution in [-0.2, 0) is 33.6 Å². The normalized spacial score (nSPS) is 15.0. The number of carbonyl (C=O) groups is 7. The number of amides is 3. The van der Waals surface area contributed by atoms with E-state index in [0.29, 0.717) is 6.42 Å². The molecule has 0 saturated heterocycles. The summed E-state index contributed by atoms with van der Waals surface area (Å²) in [6.07, 6.45) is -2.55. The van der Waals surface area contributed by atoms with Crippen molar-refractivity contribution in [1.29, 1.82) is 0 Å². The van der Waals surface area contributed by atoms with Gasteiger partial charge in [-0.25, -0.2) is 4.79 Å². The number of carboxylic acids is 4. The highest BCUT2D eigenvalue weighted by Gasteiger charge is 2.33. The maximum absolute atomic E-state index is 12.6. The van der Waals surface area contributed by atoms with Gasteiger partial charge in [0.2, 0.25) is 17.7 Å². The van der Waals surface area contributed by atoms with Gasteiger partial charge in [-0.1, -0.05) is 20.3 Å². The number of hydrogen-bond donors (Lipinski definition) is 8. The molecule has 15 nitrogen and oxygen atoms in total. The third-order valence-electron chi connectivity index (χ3n) is 4.84. The Balaban J connectivity index is 5.58. The summed E-state index contributed by atoms with van der Waals surface area (Å²) in [5.41, 5.74) is 5.77. The monoisotopic (exact) mass is 490 g/mol. The van der Waals surface area contributed by atoms with Crippen molar-refractivity contribution in [3.63, 3.8) is 0 Å². The van der Waals surface area contributed by atoms with E-state index in [-0.39, 0.29) is 5.92 Å². The van der Waals surface area contributed by atoms with E-state index in [1.54, 1.807) is 13.8 Å². The minimum Gasteiger partial charge on any atom is -0.481 e. The zero-order valence-corrected chi connectivity index (χ0v) is 18.6. The Hall–Kier alpha value is -3.75. The Morgan fingerprint density at radius 1 is 0.706 bits per heavy atom. The third-order valence-corrected chi connectivity index (χ3v) is 4.84. The lowest BCUT2D eigenvalue weighted by Crippen LogP contribution is -2.58. The summed E-state index contributed by atoms with van der Waals surface area (Å²) in [7, 11) is 0. The van der Waals surface area contributed by atoms with E-state index in [1.807, 2.05) is 10.6 Å². The van der Waals surface area contributed by atoms with Crippen LogP contribution in [0.5, 0.6) is 0 Å². The first-order valence-corrected chi connectivity index (χ1v) is 10.2. The molecule has 0 bridgehead atoms. The van der Waals surface area contributed by atoms with Crippen LogP contribution in [0.25, 0.3) is 0 Å². The van der Waals surface area contributed by atoms with E-state index in [4.69, 9.17) is 26.2 Å². The lowest BCUT2D eigenvalue weighted by Gasteiger charge is -2.25. The van der Waals surface area contributed by atoms with Crippen LogP contribution in [0.3, 0.4) is 0 Å². The molecule has 5 unspecified atom stereocenters. The summed E-state index contributed by atoms with van der Waals surface area (Å²) in [5.74, 6) is -9.60. The van der Waals surface area contributed by atoms with Crippen LogP contribution in [0.1, 0.15) is 46.0 Å². The number of nitrogens with two attached hydrogens (primary N) is 1. The van der Waals surface area contributed by atoms with E-state index in [9.17, 15) is 33.6 Å². The zero-order chi connectivity index (χ0) is 26.6. The number of carbonyl (C=O) groups excluding carboxylic acids is 3. The minimum atomic E-state index is -1.85. The van der Waals surface area contributed by atoms with Gasteiger partial charge in [0.05, 0.1) is 18.9 Å². The van der Waals surface area contributed by atoms with Crippen LogP contribution in [0.2, 0.25) is 0 Å². The van der Waals surface area contributed by atoms with Crippen LogP contribution in [0.4, 0.5) is 0 Å². The fraction of sp³-hybridized carbons (Fsp3) is 0.632. The molecule has 15 heteroatoms. The molecular formula is C19H30N4O11. The molecule has 0 heterocycles. The number of nitrogens with one attached hydrogen (secondary N) is 3. The van der Waals surface area contributed by atoms with E-state index in [1.165, 1.54) is 0 Å². The Morgan fingerprint density at radius 3 is 1.47 bits per heavy atom. The lowest BCUT2D eigenvalue weighted by atomic mass is 9.99. The van der Waals surface area contributed by atoms with Crippen LogP contribution < -0.4 is 21.7 Å². The molecule has 9 N–H and O–H groups in total. The molecule has 192 valence electrons. The van der Waals surface area contributed by atoms with Gasteiger partial charge in [0, 0.05) is 6.42 Å². The summed E-state index contributed by atoms with van der Waals surface area (Å²) in [5, 5.41) is 42.0. The molecule has 34 heavy (non-hydrogen) atoms. The fourth-order valence-corrected chi connectivity index (χ4v) is 2.62. The van der Waals surface area contributed by atoms with Crippen molar-refractivity contribution in [2.75, 3.05) is 0 Å². The molecular weight excluding hydrogens is 460 g/mol. The second-order valence-electron chi connectivity index (χ2n) is 7.56. The molecule has 0 aliphatic heterocycles. The Kier molecular flexibility index (Phi) is 12.8. The molecule has 0 spiro atoms. The molecule has 0 saturated carbocycles. The van der Waals surface area contributed by atoms with Gasteiger partial charge in [-0.3, -0.25) is 28.8 Å². The third kappa shape index (κ3) is 11.2. The molecule has 5 atom stereocenters. The number of carboxylic acid groups (broad SMARTS) is 4. The lowest BCUT2D eigenvalue weighted by molar-refractivity contribution is -0.145. The first-order valence-electron chi connectivity index (χ1n) is 10.2. The Bertz CT molecular complexity index is 801. The van der Waals surface area contributed by atoms with Gasteiger partial charge in [-0.15, -0.1) is 0 Å². The summed E-state index contributed by atoms with van der Waals surface area (Å²) in [6.45, 7) is 3.42. The quantitative estimate of drug-likeness (QED) is 0.114. The van der Waals surface area contributed by atoms with Crippen molar-refractivity contribution in [3.8, 4) is 0 Å². The Morgan fingerprint density at radius 2 is 1.12 bits per heavy atom. The topological polar surface area (TPSA) is 263 Å². The highest BCUT2D eigenvalue weighted by molar-refractivity contribution is 5.96. The van der Waals surface area contributed by atoms with Gasteiger partial charge in [-0.2, -0.15) is 0 Å². The minimum absolute atomic E-state index is 0.308. The van der Waals surface area contributed by atoms with E-state index >= 15 is 0 Å². The predicted molar refractivity (Wildman–Crippen MR) is 112 cm³/mol. The molecule has 0 fully saturated rings. The van der Waals surface area contributed by atoms with Crippen molar-refractivity contribution in [3.05, 3.63) is 0 Å². The van der Waals surface area contributed by atoms with Gasteiger partial charge < -0.3 is 42.1 Å². The van der Waals surface area contributed by atoms with Gasteiger partial charge >= 0.3 is 23.9 Å². The first kappa shape index (κ1) is 30.2. The van der Waals surface area contributed by atoms with Gasteiger partial charge in [0.1, 0.15) is 18.1 Å². The van der Waals surface area contributed by atoms with E-state index < -0.39 is 91.4 Å². The average molecular weight is 490 g/mol. The predicted octanol–water partition coefficient (Wildman–Crippen LogP) is -2.29. The summed E-state index contributed by atoms with van der Waals surface area (Å²) in [6, 6.07) is -6.34. The van der Waals surface area contributed by atoms with E-state index in [2.05, 4.69) is 5.32 Å². The standard InChI is InChI=1S/C19H30N4O11/c1-3-8(2)15(20)18(32)23-11(7-14(28)29)17(31)22-10(6-13(26)27)16(30)21-9(19(33)34)4-5-12(24)25/h8-11,15H,3-7,20H2,1-2H3,(H,21,30)(H,22,31)(H,23,32)(H,24,25)(H,26,27)(H,28,29)(H,33,34). The number of aliphatic carboxylic acids is 4. The van der Waals surface area contributed by atoms with Gasteiger partial charge in [-0.05, 0) is 12.3 Å². The molecule has 0 rings (SSSR count). The first-order chi connectivity index (χ1) is 15.7. The van der Waals surface area contributed by atoms with Crippen molar-refractivity contribution in [2.24, 2.45) is 11.7 Å².